The van der Waals surface area contributed by atoms with Crippen molar-refractivity contribution in [3.63, 3.8) is 0 Å². The molecule has 0 unspecified atom stereocenters. The Balaban J connectivity index is 1.39. The lowest BCUT2D eigenvalue weighted by Gasteiger charge is -2.35. The van der Waals surface area contributed by atoms with Gasteiger partial charge in [0.05, 0.1) is 18.3 Å². The molecule has 1 aliphatic heterocycles. The van der Waals surface area contributed by atoms with Crippen LogP contribution in [0.4, 0.5) is 11.5 Å². The van der Waals surface area contributed by atoms with E-state index in [0.717, 1.165) is 18.7 Å². The minimum absolute atomic E-state index is 0.0725. The fraction of sp³-hybridized carbons (Fsp3) is 0.522. The van der Waals surface area contributed by atoms with Crippen molar-refractivity contribution >= 4 is 17.4 Å². The Morgan fingerprint density at radius 2 is 1.83 bits per heavy atom. The second-order valence-electron chi connectivity index (χ2n) is 9.23. The van der Waals surface area contributed by atoms with Crippen molar-refractivity contribution in [2.75, 3.05) is 23.7 Å². The third-order valence-corrected chi connectivity index (χ3v) is 6.37. The van der Waals surface area contributed by atoms with E-state index in [1.807, 2.05) is 49.9 Å². The molecule has 1 amide bonds. The average Bonchev–Trinajstić information content (AvgIpc) is 3.12. The smallest absolute Gasteiger partial charge is 0.247 e. The lowest BCUT2D eigenvalue weighted by Crippen LogP contribution is -2.49. The summed E-state index contributed by atoms with van der Waals surface area (Å²) in [5.41, 5.74) is 1.44. The molecule has 2 heterocycles. The predicted molar refractivity (Wildman–Crippen MR) is 117 cm³/mol. The molecule has 7 nitrogen and oxygen atoms in total. The van der Waals surface area contributed by atoms with Crippen molar-refractivity contribution in [2.24, 2.45) is 11.8 Å². The van der Waals surface area contributed by atoms with Gasteiger partial charge >= 0.3 is 0 Å². The molecule has 1 aromatic carbocycles. The molecule has 160 valence electrons. The third-order valence-electron chi connectivity index (χ3n) is 6.37. The molecule has 1 aromatic heterocycles. The molecule has 30 heavy (non-hydrogen) atoms. The number of fused-ring (bicyclic) bond motifs is 1. The molecule has 2 fully saturated rings. The second-order valence-corrected chi connectivity index (χ2v) is 9.23. The van der Waals surface area contributed by atoms with E-state index in [0.29, 0.717) is 30.6 Å². The molecular formula is C23H31N5O2. The van der Waals surface area contributed by atoms with Crippen LogP contribution in [0.1, 0.15) is 32.3 Å². The first-order valence-corrected chi connectivity index (χ1v) is 10.7. The molecule has 1 saturated heterocycles. The molecule has 7 heteroatoms. The average molecular weight is 410 g/mol. The summed E-state index contributed by atoms with van der Waals surface area (Å²) in [6, 6.07) is 8.02. The third kappa shape index (κ3) is 4.41. The number of carbonyl (C=O) groups is 1. The van der Waals surface area contributed by atoms with E-state index in [9.17, 15) is 9.90 Å². The van der Waals surface area contributed by atoms with Crippen molar-refractivity contribution in [3.8, 4) is 0 Å². The maximum Gasteiger partial charge on any atom is 0.247 e. The van der Waals surface area contributed by atoms with Crippen molar-refractivity contribution in [1.29, 1.82) is 0 Å². The largest absolute Gasteiger partial charge is 0.391 e. The standard InChI is InChI=1S/C23H31N5O2/c1-15-4-6-18(7-5-15)27-23(2,3)22(30)28-13-16-10-19(20(29)11-17(16)14-28)26-21-12-24-8-9-25-21/h4-9,12,16-17,19-20,27,29H,10-11,13-14H2,1-3H3,(H,25,26)/t16-,17+,19-,20-/m1/s1. The minimum Gasteiger partial charge on any atom is -0.391 e. The minimum atomic E-state index is -0.696. The van der Waals surface area contributed by atoms with E-state index < -0.39 is 11.6 Å². The first-order chi connectivity index (χ1) is 14.3. The fourth-order valence-corrected chi connectivity index (χ4v) is 4.76. The molecule has 3 N–H and O–H groups in total. The molecule has 1 saturated carbocycles. The highest BCUT2D eigenvalue weighted by Crippen LogP contribution is 2.38. The van der Waals surface area contributed by atoms with Crippen LogP contribution in [-0.4, -0.2) is 56.7 Å². The van der Waals surface area contributed by atoms with E-state index in [1.54, 1.807) is 18.6 Å². The highest BCUT2D eigenvalue weighted by molar-refractivity contribution is 5.88. The Hall–Kier alpha value is -2.67. The molecule has 0 bridgehead atoms. The Morgan fingerprint density at radius 3 is 2.50 bits per heavy atom. The number of aromatic nitrogens is 2. The zero-order valence-corrected chi connectivity index (χ0v) is 17.9. The number of nitrogens with one attached hydrogen (secondary N) is 2. The number of benzene rings is 1. The molecule has 2 aromatic rings. The fourth-order valence-electron chi connectivity index (χ4n) is 4.76. The zero-order chi connectivity index (χ0) is 21.3. The van der Waals surface area contributed by atoms with Crippen LogP contribution >= 0.6 is 0 Å². The molecule has 2 aliphatic rings. The normalized spacial score (nSPS) is 26.2. The lowest BCUT2D eigenvalue weighted by molar-refractivity contribution is -0.134. The van der Waals surface area contributed by atoms with E-state index in [4.69, 9.17) is 0 Å². The summed E-state index contributed by atoms with van der Waals surface area (Å²) in [4.78, 5) is 23.6. The maximum absolute atomic E-state index is 13.3. The van der Waals surface area contributed by atoms with Gasteiger partial charge in [-0.1, -0.05) is 17.7 Å². The monoisotopic (exact) mass is 409 g/mol. The number of anilines is 2. The van der Waals surface area contributed by atoms with E-state index in [-0.39, 0.29) is 11.9 Å². The zero-order valence-electron chi connectivity index (χ0n) is 17.9. The summed E-state index contributed by atoms with van der Waals surface area (Å²) in [5, 5.41) is 17.4. The van der Waals surface area contributed by atoms with Gasteiger partial charge in [0, 0.05) is 31.2 Å². The summed E-state index contributed by atoms with van der Waals surface area (Å²) in [7, 11) is 0. The number of nitrogens with zero attached hydrogens (tertiary/aromatic N) is 3. The first kappa shape index (κ1) is 20.6. The Labute approximate surface area is 177 Å². The van der Waals surface area contributed by atoms with Crippen molar-refractivity contribution in [2.45, 2.75) is 51.3 Å². The van der Waals surface area contributed by atoms with Gasteiger partial charge in [-0.05, 0) is 57.6 Å². The Kier molecular flexibility index (Phi) is 5.64. The predicted octanol–water partition coefficient (Wildman–Crippen LogP) is 2.69. The van der Waals surface area contributed by atoms with Crippen LogP contribution in [0.25, 0.3) is 0 Å². The number of aliphatic hydroxyl groups is 1. The van der Waals surface area contributed by atoms with Gasteiger partial charge in [-0.15, -0.1) is 0 Å². The van der Waals surface area contributed by atoms with Gasteiger partial charge in [-0.2, -0.15) is 0 Å². The van der Waals surface area contributed by atoms with Gasteiger partial charge in [-0.25, -0.2) is 4.98 Å². The number of hydrogen-bond donors (Lipinski definition) is 3. The quantitative estimate of drug-likeness (QED) is 0.703. The highest BCUT2D eigenvalue weighted by atomic mass is 16.3. The summed E-state index contributed by atoms with van der Waals surface area (Å²) in [6.45, 7) is 7.35. The number of hydrogen-bond acceptors (Lipinski definition) is 6. The van der Waals surface area contributed by atoms with Crippen LogP contribution in [0.2, 0.25) is 0 Å². The number of carbonyl (C=O) groups excluding carboxylic acids is 1. The van der Waals surface area contributed by atoms with Crippen molar-refractivity contribution in [1.82, 2.24) is 14.9 Å². The van der Waals surface area contributed by atoms with Crippen LogP contribution in [0.5, 0.6) is 0 Å². The summed E-state index contributed by atoms with van der Waals surface area (Å²) in [5.74, 6) is 1.49. The van der Waals surface area contributed by atoms with E-state index in [1.165, 1.54) is 5.56 Å². The number of amides is 1. The van der Waals surface area contributed by atoms with Crippen LogP contribution in [0.3, 0.4) is 0 Å². The van der Waals surface area contributed by atoms with Gasteiger partial charge in [0.1, 0.15) is 11.4 Å². The van der Waals surface area contributed by atoms with Crippen molar-refractivity contribution in [3.05, 3.63) is 48.4 Å². The maximum atomic E-state index is 13.3. The van der Waals surface area contributed by atoms with E-state index in [2.05, 4.69) is 20.6 Å². The Bertz CT molecular complexity index is 871. The Morgan fingerprint density at radius 1 is 1.13 bits per heavy atom. The number of likely N-dealkylation sites (tertiary alicyclic amines) is 1. The number of aliphatic hydroxyl groups excluding tert-OH is 1. The molecule has 0 spiro atoms. The van der Waals surface area contributed by atoms with Crippen LogP contribution in [0, 0.1) is 18.8 Å². The van der Waals surface area contributed by atoms with Gasteiger partial charge in [0.25, 0.3) is 0 Å². The van der Waals surface area contributed by atoms with Gasteiger partial charge in [0.15, 0.2) is 0 Å². The second kappa shape index (κ2) is 8.22. The van der Waals surface area contributed by atoms with Gasteiger partial charge < -0.3 is 20.6 Å². The molecule has 4 rings (SSSR count). The van der Waals surface area contributed by atoms with Crippen LogP contribution in [-0.2, 0) is 4.79 Å². The topological polar surface area (TPSA) is 90.4 Å². The highest BCUT2D eigenvalue weighted by Gasteiger charge is 2.45. The van der Waals surface area contributed by atoms with Gasteiger partial charge in [-0.3, -0.25) is 9.78 Å². The number of rotatable bonds is 5. The summed E-state index contributed by atoms with van der Waals surface area (Å²) in [6.07, 6.45) is 5.99. The summed E-state index contributed by atoms with van der Waals surface area (Å²) < 4.78 is 0. The summed E-state index contributed by atoms with van der Waals surface area (Å²) >= 11 is 0. The van der Waals surface area contributed by atoms with Gasteiger partial charge in [0.2, 0.25) is 5.91 Å². The van der Waals surface area contributed by atoms with Crippen LogP contribution < -0.4 is 10.6 Å². The lowest BCUT2D eigenvalue weighted by atomic mass is 9.77. The number of aryl methyl sites for hydroxylation is 1. The molecule has 1 aliphatic carbocycles. The van der Waals surface area contributed by atoms with E-state index >= 15 is 0 Å². The van der Waals surface area contributed by atoms with Crippen LogP contribution in [0.15, 0.2) is 42.9 Å². The molecule has 4 atom stereocenters. The molecular weight excluding hydrogens is 378 g/mol. The van der Waals surface area contributed by atoms with Crippen molar-refractivity contribution < 1.29 is 9.90 Å². The SMILES string of the molecule is Cc1ccc(NC(C)(C)C(=O)N2C[C@H]3C[C@@H](Nc4cnccn4)[C@H](O)C[C@H]3C2)cc1. The molecule has 0 radical (unpaired) electrons. The first-order valence-electron chi connectivity index (χ1n) is 10.7.